The molecule has 0 bridgehead atoms. The molecule has 1 amide bonds. The van der Waals surface area contributed by atoms with Gasteiger partial charge in [0.1, 0.15) is 17.3 Å². The molecule has 0 saturated heterocycles. The van der Waals surface area contributed by atoms with E-state index < -0.39 is 0 Å². The van der Waals surface area contributed by atoms with Crippen LogP contribution in [0.5, 0.6) is 5.75 Å². The fourth-order valence-corrected chi connectivity index (χ4v) is 3.45. The molecule has 0 saturated carbocycles. The number of methoxy groups -OCH3 is 1. The predicted octanol–water partition coefficient (Wildman–Crippen LogP) is 5.05. The van der Waals surface area contributed by atoms with Gasteiger partial charge in [-0.2, -0.15) is 4.98 Å². The Bertz CT molecular complexity index is 1440. The van der Waals surface area contributed by atoms with E-state index in [0.29, 0.717) is 40.6 Å². The van der Waals surface area contributed by atoms with Gasteiger partial charge in [-0.15, -0.1) is 0 Å². The molecule has 5 rings (SSSR count). The number of carbonyl (C=O) groups excluding carboxylic acids is 1. The number of anilines is 1. The van der Waals surface area contributed by atoms with Crippen LogP contribution < -0.4 is 10.1 Å². The quantitative estimate of drug-likeness (QED) is 0.359. The van der Waals surface area contributed by atoms with Crippen LogP contribution in [-0.4, -0.2) is 32.7 Å². The van der Waals surface area contributed by atoms with Gasteiger partial charge in [-0.1, -0.05) is 17.3 Å². The minimum Gasteiger partial charge on any atom is -0.497 e. The Morgan fingerprint density at radius 3 is 2.49 bits per heavy atom. The van der Waals surface area contributed by atoms with E-state index in [1.54, 1.807) is 56.0 Å². The van der Waals surface area contributed by atoms with Crippen molar-refractivity contribution in [1.82, 2.24) is 19.7 Å². The number of imidazole rings is 1. The number of amides is 1. The summed E-state index contributed by atoms with van der Waals surface area (Å²) >= 11 is 0. The maximum absolute atomic E-state index is 13.1. The van der Waals surface area contributed by atoms with E-state index in [9.17, 15) is 9.18 Å². The van der Waals surface area contributed by atoms with Gasteiger partial charge >= 0.3 is 0 Å². The largest absolute Gasteiger partial charge is 0.497 e. The Morgan fingerprint density at radius 2 is 1.77 bits per heavy atom. The Hall–Kier alpha value is -4.79. The molecule has 0 atom stereocenters. The number of nitrogens with one attached hydrogen (secondary N) is 1. The van der Waals surface area contributed by atoms with Crippen LogP contribution in [0, 0.1) is 5.82 Å². The Labute approximate surface area is 200 Å². The molecule has 3 aromatic carbocycles. The zero-order valence-corrected chi connectivity index (χ0v) is 18.7. The second-order valence-corrected chi connectivity index (χ2v) is 7.74. The lowest BCUT2D eigenvalue weighted by Gasteiger charge is -2.08. The van der Waals surface area contributed by atoms with E-state index >= 15 is 0 Å². The van der Waals surface area contributed by atoms with Crippen LogP contribution in [0.2, 0.25) is 0 Å². The molecule has 8 nitrogen and oxygen atoms in total. The Balaban J connectivity index is 1.22. The molecule has 0 radical (unpaired) electrons. The SMILES string of the molecule is COc1ccc(C(=O)Nc2ccc(Cn3cnc(-c4nc(-c5ccc(F)cc5)no4)c3)cc2)cc1. The number of carbonyl (C=O) groups is 1. The molecule has 0 aliphatic heterocycles. The van der Waals surface area contributed by atoms with Crippen LogP contribution in [-0.2, 0) is 6.54 Å². The van der Waals surface area contributed by atoms with E-state index in [-0.39, 0.29) is 17.6 Å². The van der Waals surface area contributed by atoms with Crippen molar-refractivity contribution in [3.05, 3.63) is 102 Å². The van der Waals surface area contributed by atoms with Crippen LogP contribution in [0.25, 0.3) is 23.0 Å². The van der Waals surface area contributed by atoms with E-state index in [1.807, 2.05) is 28.8 Å². The zero-order valence-electron chi connectivity index (χ0n) is 18.7. The number of ether oxygens (including phenoxy) is 1. The van der Waals surface area contributed by atoms with Gasteiger partial charge < -0.3 is 19.1 Å². The molecule has 1 N–H and O–H groups in total. The standard InChI is InChI=1S/C26H20FN5O3/c1-34-22-12-6-19(7-13-22)25(33)29-21-10-2-17(3-11-21)14-32-15-23(28-16-32)26-30-24(31-35-26)18-4-8-20(27)9-5-18/h2-13,15-16H,14H2,1H3,(H,29,33). The van der Waals surface area contributed by atoms with Crippen LogP contribution in [0.15, 0.2) is 89.8 Å². The summed E-state index contributed by atoms with van der Waals surface area (Å²) in [6, 6.07) is 20.3. The first kappa shape index (κ1) is 22.0. The number of rotatable bonds is 7. The molecule has 2 aromatic heterocycles. The van der Waals surface area contributed by atoms with Gasteiger partial charge in [0.25, 0.3) is 11.8 Å². The maximum atomic E-state index is 13.1. The monoisotopic (exact) mass is 469 g/mol. The molecule has 2 heterocycles. The summed E-state index contributed by atoms with van der Waals surface area (Å²) in [6.07, 6.45) is 3.48. The van der Waals surface area contributed by atoms with Crippen molar-refractivity contribution in [3.63, 3.8) is 0 Å². The summed E-state index contributed by atoms with van der Waals surface area (Å²) in [7, 11) is 1.58. The molecule has 9 heteroatoms. The average molecular weight is 469 g/mol. The lowest BCUT2D eigenvalue weighted by molar-refractivity contribution is 0.102. The summed E-state index contributed by atoms with van der Waals surface area (Å²) in [5, 5.41) is 6.83. The van der Waals surface area contributed by atoms with Crippen molar-refractivity contribution in [1.29, 1.82) is 0 Å². The van der Waals surface area contributed by atoms with Crippen LogP contribution in [0.4, 0.5) is 10.1 Å². The molecular formula is C26H20FN5O3. The molecule has 0 aliphatic rings. The normalized spacial score (nSPS) is 10.8. The highest BCUT2D eigenvalue weighted by molar-refractivity contribution is 6.04. The lowest BCUT2D eigenvalue weighted by Crippen LogP contribution is -2.11. The van der Waals surface area contributed by atoms with Crippen LogP contribution in [0.1, 0.15) is 15.9 Å². The van der Waals surface area contributed by atoms with Crippen LogP contribution >= 0.6 is 0 Å². The molecule has 0 unspecified atom stereocenters. The minimum atomic E-state index is -0.330. The van der Waals surface area contributed by atoms with E-state index in [1.165, 1.54) is 12.1 Å². The molecule has 174 valence electrons. The zero-order chi connectivity index (χ0) is 24.2. The van der Waals surface area contributed by atoms with Gasteiger partial charge in [-0.3, -0.25) is 4.79 Å². The van der Waals surface area contributed by atoms with Crippen molar-refractivity contribution >= 4 is 11.6 Å². The topological polar surface area (TPSA) is 95.1 Å². The number of aromatic nitrogens is 4. The summed E-state index contributed by atoms with van der Waals surface area (Å²) in [5.41, 5.74) is 3.45. The van der Waals surface area contributed by atoms with Crippen molar-refractivity contribution in [2.45, 2.75) is 6.54 Å². The summed E-state index contributed by atoms with van der Waals surface area (Å²) in [5.74, 6) is 0.811. The van der Waals surface area contributed by atoms with Crippen LogP contribution in [0.3, 0.4) is 0 Å². The van der Waals surface area contributed by atoms with Crippen molar-refractivity contribution in [3.8, 4) is 28.7 Å². The highest BCUT2D eigenvalue weighted by Gasteiger charge is 2.13. The van der Waals surface area contributed by atoms with Gasteiger partial charge in [0, 0.05) is 29.6 Å². The van der Waals surface area contributed by atoms with E-state index in [2.05, 4.69) is 20.4 Å². The highest BCUT2D eigenvalue weighted by atomic mass is 19.1. The Kier molecular flexibility index (Phi) is 6.04. The van der Waals surface area contributed by atoms with Gasteiger partial charge in [0.05, 0.1) is 13.4 Å². The second-order valence-electron chi connectivity index (χ2n) is 7.74. The molecule has 0 spiro atoms. The molecule has 0 aliphatic carbocycles. The smallest absolute Gasteiger partial charge is 0.278 e. The number of hydrogen-bond acceptors (Lipinski definition) is 6. The summed E-state index contributed by atoms with van der Waals surface area (Å²) < 4.78 is 25.5. The van der Waals surface area contributed by atoms with E-state index in [0.717, 1.165) is 5.56 Å². The van der Waals surface area contributed by atoms with E-state index in [4.69, 9.17) is 9.26 Å². The summed E-state index contributed by atoms with van der Waals surface area (Å²) in [6.45, 7) is 0.568. The summed E-state index contributed by atoms with van der Waals surface area (Å²) in [4.78, 5) is 21.1. The van der Waals surface area contributed by atoms with Crippen molar-refractivity contribution in [2.24, 2.45) is 0 Å². The first-order valence-corrected chi connectivity index (χ1v) is 10.7. The molecule has 5 aromatic rings. The van der Waals surface area contributed by atoms with Gasteiger partial charge in [0.15, 0.2) is 0 Å². The fourth-order valence-electron chi connectivity index (χ4n) is 3.45. The van der Waals surface area contributed by atoms with Crippen molar-refractivity contribution in [2.75, 3.05) is 12.4 Å². The number of halogens is 1. The first-order valence-electron chi connectivity index (χ1n) is 10.7. The maximum Gasteiger partial charge on any atom is 0.278 e. The minimum absolute atomic E-state index is 0.195. The third-order valence-electron chi connectivity index (χ3n) is 5.31. The third kappa shape index (κ3) is 5.09. The number of nitrogens with zero attached hydrogens (tertiary/aromatic N) is 4. The van der Waals surface area contributed by atoms with Crippen molar-refractivity contribution < 1.29 is 18.4 Å². The average Bonchev–Trinajstić information content (AvgIpc) is 3.56. The number of benzene rings is 3. The van der Waals surface area contributed by atoms with Gasteiger partial charge in [-0.25, -0.2) is 9.37 Å². The third-order valence-corrected chi connectivity index (χ3v) is 5.31. The molecule has 0 fully saturated rings. The van der Waals surface area contributed by atoms with Gasteiger partial charge in [-0.05, 0) is 66.2 Å². The predicted molar refractivity (Wildman–Crippen MR) is 127 cm³/mol. The Morgan fingerprint density at radius 1 is 1.03 bits per heavy atom. The van der Waals surface area contributed by atoms with Gasteiger partial charge in [0.2, 0.25) is 5.82 Å². The number of hydrogen-bond donors (Lipinski definition) is 1. The lowest BCUT2D eigenvalue weighted by atomic mass is 10.1. The fraction of sp³-hybridized carbons (Fsp3) is 0.0769. The highest BCUT2D eigenvalue weighted by Crippen LogP contribution is 2.22. The molecule has 35 heavy (non-hydrogen) atoms. The molecular weight excluding hydrogens is 449 g/mol. The first-order chi connectivity index (χ1) is 17.1. The second kappa shape index (κ2) is 9.60.